The quantitative estimate of drug-likeness (QED) is 0.444. The van der Waals surface area contributed by atoms with Crippen LogP contribution in [0.5, 0.6) is 17.2 Å². The van der Waals surface area contributed by atoms with Gasteiger partial charge in [0.2, 0.25) is 6.79 Å². The van der Waals surface area contributed by atoms with Crippen LogP contribution < -0.4 is 19.1 Å². The molecule has 5 nitrogen and oxygen atoms in total. The second-order valence-electron chi connectivity index (χ2n) is 8.10. The van der Waals surface area contributed by atoms with Crippen molar-refractivity contribution in [3.8, 4) is 17.2 Å². The van der Waals surface area contributed by atoms with Crippen LogP contribution in [0.4, 0.5) is 11.4 Å². The van der Waals surface area contributed by atoms with Gasteiger partial charge >= 0.3 is 0 Å². The molecule has 0 unspecified atom stereocenters. The van der Waals surface area contributed by atoms with Crippen molar-refractivity contribution in [1.82, 2.24) is 0 Å². The molecule has 3 aliphatic heterocycles. The van der Waals surface area contributed by atoms with Crippen LogP contribution in [0, 0.1) is 0 Å². The van der Waals surface area contributed by atoms with Crippen LogP contribution in [-0.2, 0) is 12.0 Å². The van der Waals surface area contributed by atoms with Gasteiger partial charge in [-0.1, -0.05) is 36.4 Å². The van der Waals surface area contributed by atoms with Crippen molar-refractivity contribution < 1.29 is 18.6 Å². The molecule has 3 aliphatic rings. The molecule has 0 radical (unpaired) electrons. The Hall–Kier alpha value is -3.86. The highest BCUT2D eigenvalue weighted by atomic mass is 16.7. The number of fused-ring (bicyclic) bond motifs is 7. The van der Waals surface area contributed by atoms with E-state index < -0.39 is 5.41 Å². The van der Waals surface area contributed by atoms with Crippen molar-refractivity contribution in [2.45, 2.75) is 12.0 Å². The Morgan fingerprint density at radius 2 is 1.42 bits per heavy atom. The van der Waals surface area contributed by atoms with E-state index in [1.807, 2.05) is 18.2 Å². The number of para-hydroxylation sites is 2. The minimum absolute atomic E-state index is 0.245. The predicted octanol–water partition coefficient (Wildman–Crippen LogP) is 5.39. The third kappa shape index (κ3) is 2.20. The molecule has 0 saturated heterocycles. The largest absolute Gasteiger partial charge is 0.491 e. The van der Waals surface area contributed by atoms with Crippen LogP contribution in [-0.4, -0.2) is 13.4 Å². The van der Waals surface area contributed by atoms with E-state index in [-0.39, 0.29) is 6.79 Å². The fourth-order valence-corrected chi connectivity index (χ4v) is 5.23. The van der Waals surface area contributed by atoms with E-state index in [9.17, 15) is 0 Å². The molecule has 1 aromatic heterocycles. The van der Waals surface area contributed by atoms with Gasteiger partial charge < -0.3 is 23.5 Å². The molecule has 0 aliphatic carbocycles. The predicted molar refractivity (Wildman–Crippen MR) is 115 cm³/mol. The number of rotatable bonds is 2. The molecule has 0 N–H and O–H groups in total. The van der Waals surface area contributed by atoms with E-state index in [1.165, 1.54) is 11.1 Å². The molecule has 31 heavy (non-hydrogen) atoms. The smallest absolute Gasteiger partial charge is 0.231 e. The van der Waals surface area contributed by atoms with Crippen LogP contribution in [0.25, 0.3) is 0 Å². The first-order chi connectivity index (χ1) is 15.3. The van der Waals surface area contributed by atoms with Gasteiger partial charge in [-0.15, -0.1) is 0 Å². The van der Waals surface area contributed by atoms with Crippen molar-refractivity contribution in [1.29, 1.82) is 0 Å². The van der Waals surface area contributed by atoms with Gasteiger partial charge in [0.05, 0.1) is 18.2 Å². The maximum absolute atomic E-state index is 6.30. The molecule has 0 bridgehead atoms. The van der Waals surface area contributed by atoms with E-state index in [4.69, 9.17) is 18.6 Å². The summed E-state index contributed by atoms with van der Waals surface area (Å²) in [4.78, 5) is 2.33. The van der Waals surface area contributed by atoms with Gasteiger partial charge in [-0.3, -0.25) is 0 Å². The number of furan rings is 1. The second kappa shape index (κ2) is 6.08. The first-order valence-electron chi connectivity index (χ1n) is 10.4. The Kier molecular flexibility index (Phi) is 3.31. The highest BCUT2D eigenvalue weighted by Gasteiger charge is 2.50. The Morgan fingerprint density at radius 1 is 0.710 bits per heavy atom. The standard InChI is InChI=1S/C26H19NO4/c1-3-9-21-18(7-1)26(15-29-23-13-25-24(12-20(23)26)30-16-31-25)19-8-2-4-10-22(19)27(21)14-17-6-5-11-28-17/h1-13H,14-16H2. The fraction of sp³-hybridized carbons (Fsp3) is 0.154. The summed E-state index contributed by atoms with van der Waals surface area (Å²) in [6, 6.07) is 25.2. The van der Waals surface area contributed by atoms with E-state index in [2.05, 4.69) is 59.5 Å². The van der Waals surface area contributed by atoms with Crippen LogP contribution in [0.15, 0.2) is 83.5 Å². The topological polar surface area (TPSA) is 44.1 Å². The molecule has 3 aromatic carbocycles. The second-order valence-corrected chi connectivity index (χ2v) is 8.10. The normalized spacial score (nSPS) is 16.6. The van der Waals surface area contributed by atoms with Gasteiger partial charge in [0.15, 0.2) is 11.5 Å². The Labute approximate surface area is 179 Å². The molecule has 0 amide bonds. The van der Waals surface area contributed by atoms with Crippen LogP contribution in [0.2, 0.25) is 0 Å². The monoisotopic (exact) mass is 409 g/mol. The van der Waals surface area contributed by atoms with E-state index >= 15 is 0 Å². The van der Waals surface area contributed by atoms with Crippen molar-refractivity contribution in [3.63, 3.8) is 0 Å². The lowest BCUT2D eigenvalue weighted by atomic mass is 9.67. The van der Waals surface area contributed by atoms with Gasteiger partial charge in [-0.2, -0.15) is 0 Å². The molecule has 5 heteroatoms. The highest BCUT2D eigenvalue weighted by Crippen LogP contribution is 2.58. The highest BCUT2D eigenvalue weighted by molar-refractivity contribution is 5.82. The number of hydrogen-bond donors (Lipinski definition) is 0. The average molecular weight is 409 g/mol. The molecular weight excluding hydrogens is 390 g/mol. The van der Waals surface area contributed by atoms with Crippen LogP contribution >= 0.6 is 0 Å². The van der Waals surface area contributed by atoms with Crippen LogP contribution in [0.1, 0.15) is 22.5 Å². The summed E-state index contributed by atoms with van der Waals surface area (Å²) < 4.78 is 23.3. The Morgan fingerprint density at radius 3 is 2.13 bits per heavy atom. The van der Waals surface area contributed by atoms with Gasteiger partial charge in [0.1, 0.15) is 18.1 Å². The third-order valence-electron chi connectivity index (χ3n) is 6.58. The SMILES string of the molecule is c1coc(CN2c3ccccc3C3(COc4cc5c(cc43)OCO5)c3ccccc32)c1. The number of nitrogens with zero attached hydrogens (tertiary/aromatic N) is 1. The number of hydrogen-bond acceptors (Lipinski definition) is 5. The van der Waals surface area contributed by atoms with E-state index in [0.29, 0.717) is 13.2 Å². The van der Waals surface area contributed by atoms with Gasteiger partial charge in [-0.05, 0) is 41.5 Å². The lowest BCUT2D eigenvalue weighted by Gasteiger charge is -2.42. The Balaban J connectivity index is 1.50. The van der Waals surface area contributed by atoms with E-state index in [1.54, 1.807) is 6.26 Å². The summed E-state index contributed by atoms with van der Waals surface area (Å²) >= 11 is 0. The molecule has 0 atom stereocenters. The van der Waals surface area contributed by atoms with Gasteiger partial charge in [-0.25, -0.2) is 0 Å². The molecule has 1 spiro atoms. The fourth-order valence-electron chi connectivity index (χ4n) is 5.23. The van der Waals surface area contributed by atoms with Gasteiger partial charge in [0, 0.05) is 23.0 Å². The van der Waals surface area contributed by atoms with Crippen molar-refractivity contribution in [3.05, 3.63) is 102 Å². The van der Waals surface area contributed by atoms with Crippen molar-refractivity contribution in [2.24, 2.45) is 0 Å². The number of ether oxygens (including phenoxy) is 3. The Bertz CT molecular complexity index is 1260. The minimum Gasteiger partial charge on any atom is -0.491 e. The van der Waals surface area contributed by atoms with Crippen molar-refractivity contribution >= 4 is 11.4 Å². The summed E-state index contributed by atoms with van der Waals surface area (Å²) in [5, 5.41) is 0. The first-order valence-corrected chi connectivity index (χ1v) is 10.4. The molecule has 7 rings (SSSR count). The van der Waals surface area contributed by atoms with E-state index in [0.717, 1.165) is 39.9 Å². The zero-order valence-electron chi connectivity index (χ0n) is 16.7. The zero-order valence-corrected chi connectivity index (χ0v) is 16.7. The lowest BCUT2D eigenvalue weighted by molar-refractivity contribution is 0.173. The molecule has 4 heterocycles. The summed E-state index contributed by atoms with van der Waals surface area (Å²) in [6.07, 6.45) is 1.72. The molecule has 0 saturated carbocycles. The lowest BCUT2D eigenvalue weighted by Crippen LogP contribution is -2.39. The summed E-state index contributed by atoms with van der Waals surface area (Å²) in [6.45, 7) is 1.44. The molecular formula is C26H19NO4. The first kappa shape index (κ1) is 16.9. The zero-order chi connectivity index (χ0) is 20.4. The molecule has 152 valence electrons. The summed E-state index contributed by atoms with van der Waals surface area (Å²) in [5.74, 6) is 3.30. The summed E-state index contributed by atoms with van der Waals surface area (Å²) in [7, 11) is 0. The van der Waals surface area contributed by atoms with Crippen LogP contribution in [0.3, 0.4) is 0 Å². The summed E-state index contributed by atoms with van der Waals surface area (Å²) in [5.41, 5.74) is 5.46. The number of benzene rings is 3. The molecule has 0 fully saturated rings. The maximum Gasteiger partial charge on any atom is 0.231 e. The molecule has 4 aromatic rings. The minimum atomic E-state index is -0.414. The average Bonchev–Trinajstić information content (AvgIpc) is 3.56. The van der Waals surface area contributed by atoms with Crippen molar-refractivity contribution in [2.75, 3.05) is 18.3 Å². The number of anilines is 2. The maximum atomic E-state index is 6.30. The third-order valence-corrected chi connectivity index (χ3v) is 6.58. The van der Waals surface area contributed by atoms with Gasteiger partial charge in [0.25, 0.3) is 0 Å².